The van der Waals surface area contributed by atoms with Crippen molar-refractivity contribution in [1.29, 1.82) is 0 Å². The van der Waals surface area contributed by atoms with E-state index in [2.05, 4.69) is 0 Å². The van der Waals surface area contributed by atoms with Crippen molar-refractivity contribution in [3.05, 3.63) is 0 Å². The van der Waals surface area contributed by atoms with Crippen LogP contribution in [0.15, 0.2) is 0 Å². The summed E-state index contributed by atoms with van der Waals surface area (Å²) in [6, 6.07) is -0.683. The second-order valence-electron chi connectivity index (χ2n) is 1.73. The molecule has 3 nitrogen and oxygen atoms in total. The standard InChI is InChI=1S/C5H11NO2S.2Ca.4H/c1-9-3-2-4(6)5(7)8;;;;;;/h4H,2-3,6H2,1H3,(H,7,8);;;;;;/q;2*+2;4*-1/t4-;;;;;;/m0....../s1. The van der Waals surface area contributed by atoms with Crippen LogP contribution in [0.25, 0.3) is 0 Å². The molecule has 1 atom stereocenters. The third kappa shape index (κ3) is 12.3. The summed E-state index contributed by atoms with van der Waals surface area (Å²) in [4.78, 5) is 10.1. The van der Waals surface area contributed by atoms with E-state index < -0.39 is 12.0 Å². The molecule has 0 fully saturated rings. The number of nitrogens with two attached hydrogens (primary N) is 1. The summed E-state index contributed by atoms with van der Waals surface area (Å²) < 4.78 is 0. The predicted octanol–water partition coefficient (Wildman–Crippen LogP) is -0.160. The Labute approximate surface area is 137 Å². The third-order valence-corrected chi connectivity index (χ3v) is 1.59. The number of thioether (sulfide) groups is 1. The minimum absolute atomic E-state index is 0. The van der Waals surface area contributed by atoms with Crippen LogP contribution in [-0.4, -0.2) is 105 Å². The van der Waals surface area contributed by atoms with Crippen LogP contribution in [-0.2, 0) is 4.79 Å². The molecule has 0 aromatic rings. The van der Waals surface area contributed by atoms with Crippen LogP contribution in [0.4, 0.5) is 0 Å². The van der Waals surface area contributed by atoms with Gasteiger partial charge in [-0.05, 0) is 18.4 Å². The largest absolute Gasteiger partial charge is 2.00 e. The summed E-state index contributed by atoms with van der Waals surface area (Å²) in [5, 5.41) is 8.27. The molecule has 0 aliphatic heterocycles. The summed E-state index contributed by atoms with van der Waals surface area (Å²) >= 11 is 1.60. The van der Waals surface area contributed by atoms with E-state index >= 15 is 0 Å². The molecular weight excluding hydrogens is 218 g/mol. The summed E-state index contributed by atoms with van der Waals surface area (Å²) in [7, 11) is 0. The maximum atomic E-state index is 10.1. The fourth-order valence-corrected chi connectivity index (χ4v) is 0.858. The van der Waals surface area contributed by atoms with Gasteiger partial charge in [0.15, 0.2) is 0 Å². The van der Waals surface area contributed by atoms with Crippen LogP contribution in [0.1, 0.15) is 12.1 Å². The molecular formula is C5H15Ca2NO2S. The minimum Gasteiger partial charge on any atom is -1.00 e. The molecule has 0 saturated carbocycles. The number of rotatable bonds is 4. The topological polar surface area (TPSA) is 63.3 Å². The summed E-state index contributed by atoms with van der Waals surface area (Å²) in [6.45, 7) is 0. The summed E-state index contributed by atoms with van der Waals surface area (Å²) in [6.07, 6.45) is 2.48. The zero-order valence-electron chi connectivity index (χ0n) is 10.7. The van der Waals surface area contributed by atoms with Gasteiger partial charge in [-0.25, -0.2) is 0 Å². The van der Waals surface area contributed by atoms with Gasteiger partial charge in [0.1, 0.15) is 6.04 Å². The molecule has 0 aromatic carbocycles. The Bertz CT molecular complexity index is 117. The van der Waals surface area contributed by atoms with E-state index in [9.17, 15) is 4.79 Å². The van der Waals surface area contributed by atoms with Gasteiger partial charge in [-0.3, -0.25) is 4.79 Å². The normalized spacial score (nSPS) is 10.7. The van der Waals surface area contributed by atoms with E-state index in [-0.39, 0.29) is 81.2 Å². The van der Waals surface area contributed by atoms with Gasteiger partial charge in [-0.15, -0.1) is 0 Å². The van der Waals surface area contributed by atoms with E-state index in [0.717, 1.165) is 5.75 Å². The molecule has 11 heavy (non-hydrogen) atoms. The molecule has 62 valence electrons. The summed E-state index contributed by atoms with van der Waals surface area (Å²) in [5.74, 6) is -0.1000. The van der Waals surface area contributed by atoms with Crippen molar-refractivity contribution in [2.24, 2.45) is 5.73 Å². The first-order valence-corrected chi connectivity index (χ1v) is 4.05. The minimum atomic E-state index is -0.913. The van der Waals surface area contributed by atoms with E-state index in [1.165, 1.54) is 0 Å². The summed E-state index contributed by atoms with van der Waals surface area (Å²) in [5.41, 5.74) is 5.19. The Hall–Kier alpha value is 2.30. The SMILES string of the molecule is CSCC[C@H](N)C(=O)O.[Ca+2].[Ca+2].[H-].[H-].[H-].[H-]. The fraction of sp³-hybridized carbons (Fsp3) is 0.800. The maximum absolute atomic E-state index is 10.1. The van der Waals surface area contributed by atoms with Crippen LogP contribution in [0.5, 0.6) is 0 Å². The maximum Gasteiger partial charge on any atom is 2.00 e. The van der Waals surface area contributed by atoms with Gasteiger partial charge in [-0.2, -0.15) is 11.8 Å². The quantitative estimate of drug-likeness (QED) is 0.662. The Morgan fingerprint density at radius 2 is 2.18 bits per heavy atom. The van der Waals surface area contributed by atoms with Gasteiger partial charge in [0, 0.05) is 0 Å². The van der Waals surface area contributed by atoms with Crippen LogP contribution in [0, 0.1) is 0 Å². The number of hydrogen-bond acceptors (Lipinski definition) is 3. The van der Waals surface area contributed by atoms with E-state index in [1.807, 2.05) is 6.26 Å². The zero-order valence-corrected chi connectivity index (χ0v) is 12.0. The molecule has 0 radical (unpaired) electrons. The van der Waals surface area contributed by atoms with Crippen molar-refractivity contribution >= 4 is 93.2 Å². The van der Waals surface area contributed by atoms with Gasteiger partial charge in [0.25, 0.3) is 0 Å². The average Bonchev–Trinajstić information content (AvgIpc) is 1.82. The number of carboxylic acids is 1. The van der Waals surface area contributed by atoms with Crippen LogP contribution >= 0.6 is 11.8 Å². The fourth-order valence-electron chi connectivity index (χ4n) is 0.368. The van der Waals surface area contributed by atoms with E-state index in [4.69, 9.17) is 10.8 Å². The van der Waals surface area contributed by atoms with Gasteiger partial charge < -0.3 is 16.5 Å². The molecule has 0 spiro atoms. The van der Waals surface area contributed by atoms with Crippen LogP contribution < -0.4 is 5.73 Å². The van der Waals surface area contributed by atoms with Crippen LogP contribution in [0.2, 0.25) is 0 Å². The zero-order chi connectivity index (χ0) is 7.28. The molecule has 0 unspecified atom stereocenters. The van der Waals surface area contributed by atoms with E-state index in [0.29, 0.717) is 6.42 Å². The molecule has 0 aromatic heterocycles. The first kappa shape index (κ1) is 19.0. The number of hydrogen-bond donors (Lipinski definition) is 2. The first-order valence-electron chi connectivity index (χ1n) is 2.65. The van der Waals surface area contributed by atoms with Crippen molar-refractivity contribution in [3.63, 3.8) is 0 Å². The first-order chi connectivity index (χ1) is 4.18. The van der Waals surface area contributed by atoms with E-state index in [1.54, 1.807) is 11.8 Å². The monoisotopic (exact) mass is 233 g/mol. The molecule has 6 heteroatoms. The third-order valence-electron chi connectivity index (χ3n) is 0.950. The van der Waals surface area contributed by atoms with Gasteiger partial charge in [0.05, 0.1) is 0 Å². The van der Waals surface area contributed by atoms with Crippen molar-refractivity contribution in [1.82, 2.24) is 0 Å². The second-order valence-corrected chi connectivity index (χ2v) is 2.71. The number of carboxylic acid groups (broad SMARTS) is 1. The molecule has 0 heterocycles. The number of aliphatic carboxylic acids is 1. The van der Waals surface area contributed by atoms with Gasteiger partial charge in [0.2, 0.25) is 0 Å². The molecule has 0 bridgehead atoms. The van der Waals surface area contributed by atoms with Crippen molar-refractivity contribution < 1.29 is 15.6 Å². The Morgan fingerprint density at radius 3 is 2.45 bits per heavy atom. The predicted molar refractivity (Wildman–Crippen MR) is 54.6 cm³/mol. The molecule has 0 aliphatic carbocycles. The molecule has 3 N–H and O–H groups in total. The smallest absolute Gasteiger partial charge is 1.00 e. The second kappa shape index (κ2) is 12.3. The van der Waals surface area contributed by atoms with Gasteiger partial charge >= 0.3 is 81.4 Å². The molecule has 0 saturated heterocycles. The van der Waals surface area contributed by atoms with Gasteiger partial charge in [-0.1, -0.05) is 0 Å². The van der Waals surface area contributed by atoms with Crippen molar-refractivity contribution in [3.8, 4) is 0 Å². The Kier molecular flexibility index (Phi) is 21.2. The number of carbonyl (C=O) groups is 1. The Morgan fingerprint density at radius 1 is 1.73 bits per heavy atom. The molecule has 0 aliphatic rings. The van der Waals surface area contributed by atoms with Crippen molar-refractivity contribution in [2.75, 3.05) is 12.0 Å². The van der Waals surface area contributed by atoms with Crippen LogP contribution in [0.3, 0.4) is 0 Å². The molecule has 0 rings (SSSR count). The molecule has 0 amide bonds. The average molecular weight is 233 g/mol. The Balaban J connectivity index is -0.0000000213. The van der Waals surface area contributed by atoms with Crippen molar-refractivity contribution in [2.45, 2.75) is 12.5 Å².